The second kappa shape index (κ2) is 3.72. The molecule has 2 heteroatoms. The molecule has 0 spiro atoms. The van der Waals surface area contributed by atoms with Crippen molar-refractivity contribution in [1.29, 1.82) is 0 Å². The van der Waals surface area contributed by atoms with E-state index in [1.54, 1.807) is 0 Å². The molecule has 1 nitrogen and oxygen atoms in total. The Kier molecular flexibility index (Phi) is 2.84. The molecule has 1 aliphatic carbocycles. The van der Waals surface area contributed by atoms with E-state index in [1.165, 1.54) is 19.3 Å². The van der Waals surface area contributed by atoms with E-state index in [1.807, 2.05) is 0 Å². The monoisotopic (exact) mass is 143 g/mol. The van der Waals surface area contributed by atoms with Gasteiger partial charge in [-0.3, -0.25) is 0 Å². The highest BCUT2D eigenvalue weighted by atomic mass is 32.1. The lowest BCUT2D eigenvalue weighted by Crippen LogP contribution is -1.76. The lowest BCUT2D eigenvalue weighted by molar-refractivity contribution is 0.606. The molecule has 0 aromatic carbocycles. The normalized spacial score (nSPS) is 20.2. The highest BCUT2D eigenvalue weighted by molar-refractivity contribution is 7.70. The zero-order chi connectivity index (χ0) is 6.53. The lowest BCUT2D eigenvalue weighted by atomic mass is 10.2. The molecule has 0 bridgehead atoms. The summed E-state index contributed by atoms with van der Waals surface area (Å²) >= 11 is 0.670. The Labute approximate surface area is 59.6 Å². The van der Waals surface area contributed by atoms with Gasteiger partial charge in [-0.1, -0.05) is 6.42 Å². The van der Waals surface area contributed by atoms with Crippen molar-refractivity contribution in [3.63, 3.8) is 0 Å². The van der Waals surface area contributed by atoms with Gasteiger partial charge in [0.2, 0.25) is 0 Å². The maximum absolute atomic E-state index is 10.3. The summed E-state index contributed by atoms with van der Waals surface area (Å²) in [6.45, 7) is 0. The Hall–Kier alpha value is -0.240. The smallest absolute Gasteiger partial charge is 0.0525 e. The van der Waals surface area contributed by atoms with Gasteiger partial charge in [0.05, 0.1) is 0 Å². The van der Waals surface area contributed by atoms with E-state index in [0.29, 0.717) is 11.7 Å². The SMILES string of the molecule is O=[S+]C1=CCCCCC1. The first kappa shape index (κ1) is 6.87. The molecule has 0 aromatic heterocycles. The van der Waals surface area contributed by atoms with Gasteiger partial charge in [-0.05, 0) is 25.3 Å². The average molecular weight is 143 g/mol. The van der Waals surface area contributed by atoms with Crippen LogP contribution in [0.2, 0.25) is 0 Å². The van der Waals surface area contributed by atoms with Crippen molar-refractivity contribution in [1.82, 2.24) is 0 Å². The van der Waals surface area contributed by atoms with Crippen molar-refractivity contribution in [2.24, 2.45) is 0 Å². The summed E-state index contributed by atoms with van der Waals surface area (Å²) in [7, 11) is 0. The summed E-state index contributed by atoms with van der Waals surface area (Å²) in [4.78, 5) is 1.05. The van der Waals surface area contributed by atoms with Crippen LogP contribution in [0.3, 0.4) is 0 Å². The summed E-state index contributed by atoms with van der Waals surface area (Å²) in [5.74, 6) is 0. The molecule has 0 aliphatic heterocycles. The van der Waals surface area contributed by atoms with Gasteiger partial charge in [0, 0.05) is 10.6 Å². The second-order valence-electron chi connectivity index (χ2n) is 2.35. The molecule has 9 heavy (non-hydrogen) atoms. The molecule has 0 saturated carbocycles. The van der Waals surface area contributed by atoms with Crippen LogP contribution in [0.5, 0.6) is 0 Å². The third kappa shape index (κ3) is 2.22. The Morgan fingerprint density at radius 2 is 2.22 bits per heavy atom. The van der Waals surface area contributed by atoms with Gasteiger partial charge in [-0.15, -0.1) is 0 Å². The first-order valence-corrected chi connectivity index (χ1v) is 4.16. The quantitative estimate of drug-likeness (QED) is 0.514. The van der Waals surface area contributed by atoms with Gasteiger partial charge in [-0.25, -0.2) is 0 Å². The van der Waals surface area contributed by atoms with Crippen molar-refractivity contribution in [3.05, 3.63) is 11.0 Å². The van der Waals surface area contributed by atoms with E-state index in [4.69, 9.17) is 0 Å². The van der Waals surface area contributed by atoms with Crippen molar-refractivity contribution in [2.75, 3.05) is 0 Å². The van der Waals surface area contributed by atoms with Crippen molar-refractivity contribution in [3.8, 4) is 0 Å². The van der Waals surface area contributed by atoms with Gasteiger partial charge < -0.3 is 0 Å². The Bertz CT molecular complexity index is 129. The summed E-state index contributed by atoms with van der Waals surface area (Å²) in [5.41, 5.74) is 0. The van der Waals surface area contributed by atoms with Crippen LogP contribution in [-0.2, 0) is 15.9 Å². The minimum absolute atomic E-state index is 0.670. The molecular formula is C7H11OS+. The Balaban J connectivity index is 2.46. The van der Waals surface area contributed by atoms with Crippen LogP contribution in [0.4, 0.5) is 0 Å². The fraction of sp³-hybridized carbons (Fsp3) is 0.714. The van der Waals surface area contributed by atoms with E-state index in [2.05, 4.69) is 6.08 Å². The van der Waals surface area contributed by atoms with Crippen LogP contribution in [0.25, 0.3) is 0 Å². The first-order chi connectivity index (χ1) is 4.43. The Morgan fingerprint density at radius 3 is 3.00 bits per heavy atom. The summed E-state index contributed by atoms with van der Waals surface area (Å²) < 4.78 is 10.3. The van der Waals surface area contributed by atoms with Crippen LogP contribution in [0, 0.1) is 0 Å². The molecule has 0 saturated heterocycles. The number of rotatable bonds is 1. The molecule has 0 amide bonds. The molecule has 0 atom stereocenters. The summed E-state index contributed by atoms with van der Waals surface area (Å²) in [6.07, 6.45) is 8.00. The van der Waals surface area contributed by atoms with Gasteiger partial charge in [0.25, 0.3) is 4.91 Å². The standard InChI is InChI=1S/C7H11OS/c8-9-7-5-3-1-2-4-6-7/h5H,1-4,6H2/q+1. The molecule has 0 heterocycles. The number of allylic oxidation sites excluding steroid dienone is 2. The van der Waals surface area contributed by atoms with Crippen molar-refractivity contribution < 1.29 is 4.21 Å². The van der Waals surface area contributed by atoms with E-state index in [9.17, 15) is 4.21 Å². The molecule has 0 fully saturated rings. The molecule has 0 N–H and O–H groups in total. The van der Waals surface area contributed by atoms with E-state index < -0.39 is 0 Å². The van der Waals surface area contributed by atoms with Crippen LogP contribution in [0.15, 0.2) is 11.0 Å². The van der Waals surface area contributed by atoms with Crippen molar-refractivity contribution >= 4 is 11.7 Å². The average Bonchev–Trinajstić information content (AvgIpc) is 2.13. The molecule has 0 aromatic rings. The minimum Gasteiger partial charge on any atom is -0.0525 e. The van der Waals surface area contributed by atoms with Gasteiger partial charge in [0.15, 0.2) is 0 Å². The highest BCUT2D eigenvalue weighted by Crippen LogP contribution is 2.15. The summed E-state index contributed by atoms with van der Waals surface area (Å²) in [5, 5.41) is 0. The molecule has 50 valence electrons. The van der Waals surface area contributed by atoms with Gasteiger partial charge in [-0.2, -0.15) is 0 Å². The van der Waals surface area contributed by atoms with Crippen LogP contribution >= 0.6 is 0 Å². The maximum atomic E-state index is 10.3. The zero-order valence-electron chi connectivity index (χ0n) is 5.43. The fourth-order valence-electron chi connectivity index (χ4n) is 1.06. The van der Waals surface area contributed by atoms with Gasteiger partial charge >= 0.3 is 11.7 Å². The fourth-order valence-corrected chi connectivity index (χ4v) is 1.47. The third-order valence-electron chi connectivity index (χ3n) is 1.61. The van der Waals surface area contributed by atoms with E-state index in [-0.39, 0.29) is 0 Å². The highest BCUT2D eigenvalue weighted by Gasteiger charge is 2.12. The first-order valence-electron chi connectivity index (χ1n) is 3.42. The topological polar surface area (TPSA) is 17.1 Å². The second-order valence-corrected chi connectivity index (χ2v) is 3.04. The predicted molar refractivity (Wildman–Crippen MR) is 39.2 cm³/mol. The number of hydrogen-bond donors (Lipinski definition) is 0. The third-order valence-corrected chi connectivity index (χ3v) is 2.19. The molecule has 1 rings (SSSR count). The van der Waals surface area contributed by atoms with Crippen molar-refractivity contribution in [2.45, 2.75) is 32.1 Å². The Morgan fingerprint density at radius 1 is 1.33 bits per heavy atom. The van der Waals surface area contributed by atoms with Crippen LogP contribution < -0.4 is 0 Å². The van der Waals surface area contributed by atoms with E-state index >= 15 is 0 Å². The molecule has 0 radical (unpaired) electrons. The van der Waals surface area contributed by atoms with Crippen LogP contribution in [0.1, 0.15) is 32.1 Å². The number of hydrogen-bond acceptors (Lipinski definition) is 1. The van der Waals surface area contributed by atoms with Crippen LogP contribution in [-0.4, -0.2) is 0 Å². The lowest BCUT2D eigenvalue weighted by Gasteiger charge is -1.85. The molecule has 1 aliphatic rings. The summed E-state index contributed by atoms with van der Waals surface area (Å²) in [6, 6.07) is 0. The minimum atomic E-state index is 0.670. The predicted octanol–water partition coefficient (Wildman–Crippen LogP) is 2.26. The molecule has 0 unspecified atom stereocenters. The maximum Gasteiger partial charge on any atom is 0.499 e. The zero-order valence-corrected chi connectivity index (χ0v) is 6.25. The molecular weight excluding hydrogens is 132 g/mol. The van der Waals surface area contributed by atoms with E-state index in [0.717, 1.165) is 17.7 Å². The van der Waals surface area contributed by atoms with Gasteiger partial charge in [0.1, 0.15) is 0 Å². The largest absolute Gasteiger partial charge is 0.499 e.